The third-order valence-electron chi connectivity index (χ3n) is 3.25. The van der Waals surface area contributed by atoms with Gasteiger partial charge >= 0.3 is 12.1 Å². The number of alkyl carbamates (subject to hydrolysis) is 1. The number of ether oxygens (including phenoxy) is 2. The van der Waals surface area contributed by atoms with Crippen LogP contribution in [0.25, 0.3) is 0 Å². The molecule has 0 atom stereocenters. The lowest BCUT2D eigenvalue weighted by Crippen LogP contribution is -2.60. The first-order chi connectivity index (χ1) is 9.18. The molecule has 0 aromatic heterocycles. The summed E-state index contributed by atoms with van der Waals surface area (Å²) in [7, 11) is 1.99. The Kier molecular flexibility index (Phi) is 5.39. The van der Waals surface area contributed by atoms with E-state index in [0.717, 1.165) is 13.1 Å². The average Bonchev–Trinajstić information content (AvgIpc) is 2.30. The molecule has 20 heavy (non-hydrogen) atoms. The van der Waals surface area contributed by atoms with Crippen molar-refractivity contribution in [3.63, 3.8) is 0 Å². The highest BCUT2D eigenvalue weighted by Gasteiger charge is 2.44. The Morgan fingerprint density at radius 2 is 1.80 bits per heavy atom. The third-order valence-corrected chi connectivity index (χ3v) is 3.25. The van der Waals surface area contributed by atoms with Crippen LogP contribution >= 0.6 is 0 Å². The van der Waals surface area contributed by atoms with Gasteiger partial charge in [-0.25, -0.2) is 9.59 Å². The summed E-state index contributed by atoms with van der Waals surface area (Å²) in [6, 6.07) is 0. The lowest BCUT2D eigenvalue weighted by molar-refractivity contribution is -0.153. The number of piperidine rings is 1. The van der Waals surface area contributed by atoms with Gasteiger partial charge in [0.1, 0.15) is 11.1 Å². The van der Waals surface area contributed by atoms with Gasteiger partial charge in [-0.3, -0.25) is 0 Å². The van der Waals surface area contributed by atoms with E-state index in [1.165, 1.54) is 0 Å². The SMILES string of the molecule is CCOC(=O)C1(NC(=O)OC(C)(C)C)CCN(C)CC1. The van der Waals surface area contributed by atoms with Crippen molar-refractivity contribution in [2.75, 3.05) is 26.7 Å². The second-order valence-electron chi connectivity index (χ2n) is 6.23. The number of nitrogens with one attached hydrogen (secondary N) is 1. The first-order valence-electron chi connectivity index (χ1n) is 7.05. The number of hydrogen-bond acceptors (Lipinski definition) is 5. The van der Waals surface area contributed by atoms with Gasteiger partial charge in [-0.15, -0.1) is 0 Å². The minimum absolute atomic E-state index is 0.298. The van der Waals surface area contributed by atoms with Gasteiger partial charge in [-0.1, -0.05) is 0 Å². The van der Waals surface area contributed by atoms with Crippen molar-refractivity contribution in [3.8, 4) is 0 Å². The second-order valence-corrected chi connectivity index (χ2v) is 6.23. The monoisotopic (exact) mass is 286 g/mol. The Hall–Kier alpha value is -1.30. The number of amides is 1. The molecule has 0 spiro atoms. The fourth-order valence-electron chi connectivity index (χ4n) is 2.15. The van der Waals surface area contributed by atoms with Crippen molar-refractivity contribution in [1.82, 2.24) is 10.2 Å². The van der Waals surface area contributed by atoms with Gasteiger partial charge in [-0.2, -0.15) is 0 Å². The van der Waals surface area contributed by atoms with Crippen LogP contribution in [-0.4, -0.2) is 54.8 Å². The molecule has 1 aliphatic rings. The molecule has 1 saturated heterocycles. The lowest BCUT2D eigenvalue weighted by atomic mass is 9.88. The predicted octanol–water partition coefficient (Wildman–Crippen LogP) is 1.54. The molecule has 0 saturated carbocycles. The molecule has 1 N–H and O–H groups in total. The summed E-state index contributed by atoms with van der Waals surface area (Å²) in [5.41, 5.74) is -1.56. The molecule has 0 unspecified atom stereocenters. The molecule has 0 aromatic carbocycles. The summed E-state index contributed by atoms with van der Waals surface area (Å²) in [6.07, 6.45) is 0.485. The van der Waals surface area contributed by atoms with Crippen molar-refractivity contribution in [2.45, 2.75) is 51.7 Å². The van der Waals surface area contributed by atoms with Gasteiger partial charge in [-0.05, 0) is 47.6 Å². The van der Waals surface area contributed by atoms with E-state index in [1.807, 2.05) is 7.05 Å². The molecule has 0 aromatic rings. The fraction of sp³-hybridized carbons (Fsp3) is 0.857. The minimum Gasteiger partial charge on any atom is -0.464 e. The van der Waals surface area contributed by atoms with E-state index in [0.29, 0.717) is 19.4 Å². The summed E-state index contributed by atoms with van der Waals surface area (Å²) < 4.78 is 10.4. The average molecular weight is 286 g/mol. The number of carbonyl (C=O) groups is 2. The molecule has 1 aliphatic heterocycles. The summed E-state index contributed by atoms with van der Waals surface area (Å²) in [5.74, 6) is -0.376. The molecule has 0 radical (unpaired) electrons. The molecule has 116 valence electrons. The molecule has 1 amide bonds. The number of rotatable bonds is 3. The zero-order valence-electron chi connectivity index (χ0n) is 13.1. The van der Waals surface area contributed by atoms with E-state index >= 15 is 0 Å². The van der Waals surface area contributed by atoms with Crippen LogP contribution in [0.1, 0.15) is 40.5 Å². The molecule has 0 aliphatic carbocycles. The smallest absolute Gasteiger partial charge is 0.408 e. The molecular weight excluding hydrogens is 260 g/mol. The van der Waals surface area contributed by atoms with Crippen molar-refractivity contribution < 1.29 is 19.1 Å². The quantitative estimate of drug-likeness (QED) is 0.797. The van der Waals surface area contributed by atoms with Crippen molar-refractivity contribution >= 4 is 12.1 Å². The Labute approximate surface area is 120 Å². The maximum absolute atomic E-state index is 12.2. The molecule has 6 nitrogen and oxygen atoms in total. The zero-order chi connectivity index (χ0) is 15.4. The van der Waals surface area contributed by atoms with Crippen molar-refractivity contribution in [3.05, 3.63) is 0 Å². The number of carbonyl (C=O) groups excluding carboxylic acids is 2. The van der Waals surface area contributed by atoms with Crippen LogP contribution in [0.2, 0.25) is 0 Å². The van der Waals surface area contributed by atoms with Crippen molar-refractivity contribution in [1.29, 1.82) is 0 Å². The maximum Gasteiger partial charge on any atom is 0.408 e. The Bertz CT molecular complexity index is 355. The molecule has 1 fully saturated rings. The highest BCUT2D eigenvalue weighted by atomic mass is 16.6. The van der Waals surface area contributed by atoms with Crippen LogP contribution in [-0.2, 0) is 14.3 Å². The standard InChI is InChI=1S/C14H26N2O4/c1-6-19-11(17)14(7-9-16(5)10-8-14)15-12(18)20-13(2,3)4/h6-10H2,1-5H3,(H,15,18). The van der Waals surface area contributed by atoms with E-state index < -0.39 is 17.2 Å². The number of esters is 1. The van der Waals surface area contributed by atoms with Crippen LogP contribution in [0, 0.1) is 0 Å². The highest BCUT2D eigenvalue weighted by Crippen LogP contribution is 2.24. The molecule has 1 rings (SSSR count). The molecular formula is C14H26N2O4. The summed E-state index contributed by atoms with van der Waals surface area (Å²) in [6.45, 7) is 8.89. The predicted molar refractivity (Wildman–Crippen MR) is 75.5 cm³/mol. The zero-order valence-corrected chi connectivity index (χ0v) is 13.1. The van der Waals surface area contributed by atoms with E-state index in [9.17, 15) is 9.59 Å². The van der Waals surface area contributed by atoms with Gasteiger partial charge in [0.25, 0.3) is 0 Å². The number of hydrogen-bond donors (Lipinski definition) is 1. The van der Waals surface area contributed by atoms with Crippen LogP contribution in [0.4, 0.5) is 4.79 Å². The largest absolute Gasteiger partial charge is 0.464 e. The molecule has 6 heteroatoms. The Morgan fingerprint density at radius 1 is 1.25 bits per heavy atom. The fourth-order valence-corrected chi connectivity index (χ4v) is 2.15. The summed E-state index contributed by atoms with van der Waals surface area (Å²) >= 11 is 0. The number of nitrogens with zero attached hydrogens (tertiary/aromatic N) is 1. The van der Waals surface area contributed by atoms with Gasteiger partial charge in [0.15, 0.2) is 0 Å². The molecule has 1 heterocycles. The Balaban J connectivity index is 2.78. The van der Waals surface area contributed by atoms with Gasteiger partial charge in [0, 0.05) is 13.1 Å². The van der Waals surface area contributed by atoms with Crippen LogP contribution < -0.4 is 5.32 Å². The molecule has 0 bridgehead atoms. The normalized spacial score (nSPS) is 19.2. The van der Waals surface area contributed by atoms with Gasteiger partial charge in [0.05, 0.1) is 6.61 Å². The maximum atomic E-state index is 12.2. The van der Waals surface area contributed by atoms with Crippen molar-refractivity contribution in [2.24, 2.45) is 0 Å². The topological polar surface area (TPSA) is 67.9 Å². The van der Waals surface area contributed by atoms with E-state index in [-0.39, 0.29) is 5.97 Å². The summed E-state index contributed by atoms with van der Waals surface area (Å²) in [5, 5.41) is 2.73. The van der Waals surface area contributed by atoms with E-state index in [2.05, 4.69) is 10.2 Å². The Morgan fingerprint density at radius 3 is 2.25 bits per heavy atom. The van der Waals surface area contributed by atoms with Crippen LogP contribution in [0.5, 0.6) is 0 Å². The van der Waals surface area contributed by atoms with E-state index in [4.69, 9.17) is 9.47 Å². The first kappa shape index (κ1) is 16.8. The highest BCUT2D eigenvalue weighted by molar-refractivity contribution is 5.86. The minimum atomic E-state index is -0.967. The first-order valence-corrected chi connectivity index (χ1v) is 7.05. The van der Waals surface area contributed by atoms with E-state index in [1.54, 1.807) is 27.7 Å². The van der Waals surface area contributed by atoms with Gasteiger partial charge < -0.3 is 19.7 Å². The third kappa shape index (κ3) is 4.67. The lowest BCUT2D eigenvalue weighted by Gasteiger charge is -2.39. The summed E-state index contributed by atoms with van der Waals surface area (Å²) in [4.78, 5) is 26.3. The van der Waals surface area contributed by atoms with Gasteiger partial charge in [0.2, 0.25) is 0 Å². The number of likely N-dealkylation sites (tertiary alicyclic amines) is 1. The van der Waals surface area contributed by atoms with Crippen LogP contribution in [0.3, 0.4) is 0 Å². The van der Waals surface area contributed by atoms with Crippen LogP contribution in [0.15, 0.2) is 0 Å². The second kappa shape index (κ2) is 6.43.